The summed E-state index contributed by atoms with van der Waals surface area (Å²) < 4.78 is 6.18. The summed E-state index contributed by atoms with van der Waals surface area (Å²) in [6, 6.07) is 9.32. The van der Waals surface area contributed by atoms with Crippen LogP contribution < -0.4 is 0 Å². The zero-order valence-corrected chi connectivity index (χ0v) is 25.6. The van der Waals surface area contributed by atoms with Crippen LogP contribution in [0.15, 0.2) is 53.6 Å². The van der Waals surface area contributed by atoms with E-state index in [4.69, 9.17) is 4.74 Å². The molecule has 0 unspecified atom stereocenters. The highest BCUT2D eigenvalue weighted by molar-refractivity contribution is 5.91. The summed E-state index contributed by atoms with van der Waals surface area (Å²) in [5.74, 6) is 1.21. The van der Waals surface area contributed by atoms with Gasteiger partial charge in [-0.15, -0.1) is 0 Å². The summed E-state index contributed by atoms with van der Waals surface area (Å²) in [5.41, 5.74) is 3.41. The molecule has 4 aliphatic carbocycles. The number of carbonyl (C=O) groups excluding carboxylic acids is 3. The lowest BCUT2D eigenvalue weighted by Crippen LogP contribution is -2.54. The molecule has 4 nitrogen and oxygen atoms in total. The molecule has 4 heteroatoms. The Kier molecular flexibility index (Phi) is 7.55. The predicted octanol–water partition coefficient (Wildman–Crippen LogP) is 8.17. The molecule has 5 rings (SSSR count). The van der Waals surface area contributed by atoms with Crippen molar-refractivity contribution in [2.75, 3.05) is 0 Å². The maximum Gasteiger partial charge on any atom is 0.338 e. The fourth-order valence-corrected chi connectivity index (χ4v) is 9.46. The summed E-state index contributed by atoms with van der Waals surface area (Å²) in [6.45, 7) is 15.4. The van der Waals surface area contributed by atoms with Gasteiger partial charge in [0.25, 0.3) is 0 Å². The van der Waals surface area contributed by atoms with Crippen molar-refractivity contribution in [1.29, 1.82) is 0 Å². The van der Waals surface area contributed by atoms with Crippen LogP contribution in [0.4, 0.5) is 0 Å². The van der Waals surface area contributed by atoms with Crippen LogP contribution >= 0.6 is 0 Å². The highest BCUT2D eigenvalue weighted by Crippen LogP contribution is 2.67. The predicted molar refractivity (Wildman–Crippen MR) is 159 cm³/mol. The van der Waals surface area contributed by atoms with E-state index in [-0.39, 0.29) is 57.8 Å². The normalized spacial score (nSPS) is 35.8. The molecule has 4 aliphatic rings. The Morgan fingerprint density at radius 3 is 2.35 bits per heavy atom. The van der Waals surface area contributed by atoms with Crippen LogP contribution in [0.25, 0.3) is 0 Å². The number of hydrogen-bond acceptors (Lipinski definition) is 4. The lowest BCUT2D eigenvalue weighted by atomic mass is 9.45. The largest absolute Gasteiger partial charge is 0.458 e. The van der Waals surface area contributed by atoms with Gasteiger partial charge in [0.1, 0.15) is 11.9 Å². The standard InChI is InChI=1S/C36H48O4/c1-22(2)28(37)15-13-23(3)27-21-29(38)32-25-14-16-30-34(4,5)31(40-33(39)24-11-9-8-10-12-24)18-20-35(30,6)26(25)17-19-36(27,32)7/h8-13,15,22-23,27,30-32H,14,16-21H2,1-7H3/t23-,27-,30+,31+,32+,35-,36-/m1/s1. The number of hydrogen-bond donors (Lipinski definition) is 0. The second-order valence-electron chi connectivity index (χ2n) is 14.6. The van der Waals surface area contributed by atoms with E-state index in [1.807, 2.05) is 44.2 Å². The molecule has 0 bridgehead atoms. The number of rotatable bonds is 6. The minimum absolute atomic E-state index is 0.00322. The third-order valence-corrected chi connectivity index (χ3v) is 11.7. The monoisotopic (exact) mass is 544 g/mol. The molecule has 0 aromatic heterocycles. The molecule has 0 radical (unpaired) electrons. The first kappa shape index (κ1) is 29.0. The van der Waals surface area contributed by atoms with Gasteiger partial charge in [0.15, 0.2) is 5.78 Å². The van der Waals surface area contributed by atoms with E-state index in [1.54, 1.807) is 11.6 Å². The van der Waals surface area contributed by atoms with Gasteiger partial charge in [0.2, 0.25) is 0 Å². The van der Waals surface area contributed by atoms with Crippen LogP contribution in [0.3, 0.4) is 0 Å². The molecule has 1 aromatic carbocycles. The molecule has 0 saturated heterocycles. The number of ketones is 2. The molecule has 0 N–H and O–H groups in total. The summed E-state index contributed by atoms with van der Waals surface area (Å²) >= 11 is 0. The quantitative estimate of drug-likeness (QED) is 0.206. The molecule has 0 aliphatic heterocycles. The highest BCUT2D eigenvalue weighted by atomic mass is 16.5. The zero-order valence-electron chi connectivity index (χ0n) is 25.6. The number of carbonyl (C=O) groups is 3. The van der Waals surface area contributed by atoms with Crippen molar-refractivity contribution >= 4 is 17.5 Å². The van der Waals surface area contributed by atoms with Crippen molar-refractivity contribution < 1.29 is 19.1 Å². The van der Waals surface area contributed by atoms with E-state index in [0.717, 1.165) is 38.5 Å². The Morgan fingerprint density at radius 2 is 1.68 bits per heavy atom. The van der Waals surface area contributed by atoms with Gasteiger partial charge in [-0.25, -0.2) is 4.79 Å². The van der Waals surface area contributed by atoms with Gasteiger partial charge >= 0.3 is 5.97 Å². The van der Waals surface area contributed by atoms with Crippen molar-refractivity contribution in [1.82, 2.24) is 0 Å². The van der Waals surface area contributed by atoms with Gasteiger partial charge in [0, 0.05) is 23.7 Å². The van der Waals surface area contributed by atoms with E-state index in [0.29, 0.717) is 23.7 Å². The van der Waals surface area contributed by atoms with Crippen LogP contribution in [-0.2, 0) is 14.3 Å². The Morgan fingerprint density at radius 1 is 0.975 bits per heavy atom. The number of ether oxygens (including phenoxy) is 1. The number of esters is 1. The molecule has 1 aromatic rings. The second kappa shape index (κ2) is 10.4. The number of benzene rings is 1. The molecule has 40 heavy (non-hydrogen) atoms. The maximum atomic E-state index is 13.7. The maximum absolute atomic E-state index is 13.7. The molecule has 0 spiro atoms. The molecule has 0 heterocycles. The smallest absolute Gasteiger partial charge is 0.338 e. The van der Waals surface area contributed by atoms with Gasteiger partial charge in [0.05, 0.1) is 5.56 Å². The van der Waals surface area contributed by atoms with Gasteiger partial charge < -0.3 is 4.74 Å². The van der Waals surface area contributed by atoms with Gasteiger partial charge in [-0.05, 0) is 85.3 Å². The first-order valence-electron chi connectivity index (χ1n) is 15.5. The number of Topliss-reactive ketones (excluding diaryl/α,β-unsaturated/α-hetero) is 1. The average Bonchev–Trinajstić information content (AvgIpc) is 3.19. The van der Waals surface area contributed by atoms with E-state index < -0.39 is 0 Å². The van der Waals surface area contributed by atoms with Crippen molar-refractivity contribution in [2.24, 2.45) is 45.8 Å². The van der Waals surface area contributed by atoms with Crippen molar-refractivity contribution in [3.05, 3.63) is 59.2 Å². The minimum Gasteiger partial charge on any atom is -0.458 e. The highest BCUT2D eigenvalue weighted by Gasteiger charge is 2.61. The fraction of sp³-hybridized carbons (Fsp3) is 0.639. The van der Waals surface area contributed by atoms with E-state index >= 15 is 0 Å². The second-order valence-corrected chi connectivity index (χ2v) is 14.6. The van der Waals surface area contributed by atoms with Crippen molar-refractivity contribution in [3.8, 4) is 0 Å². The van der Waals surface area contributed by atoms with Crippen LogP contribution in [0, 0.1) is 45.8 Å². The Bertz CT molecular complexity index is 1240. The third kappa shape index (κ3) is 4.64. The topological polar surface area (TPSA) is 60.4 Å². The number of allylic oxidation sites excluding steroid dienone is 4. The molecule has 2 saturated carbocycles. The molecular weight excluding hydrogens is 496 g/mol. The lowest BCUT2D eigenvalue weighted by Gasteiger charge is -2.60. The summed E-state index contributed by atoms with van der Waals surface area (Å²) in [4.78, 5) is 39.0. The van der Waals surface area contributed by atoms with E-state index in [1.165, 1.54) is 5.57 Å². The van der Waals surface area contributed by atoms with Crippen molar-refractivity contribution in [3.63, 3.8) is 0 Å². The Labute approximate surface area is 241 Å². The fourth-order valence-electron chi connectivity index (χ4n) is 9.46. The molecule has 7 atom stereocenters. The number of fused-ring (bicyclic) bond motifs is 4. The molecule has 2 fully saturated rings. The summed E-state index contributed by atoms with van der Waals surface area (Å²) in [7, 11) is 0. The van der Waals surface area contributed by atoms with Gasteiger partial charge in [-0.3, -0.25) is 9.59 Å². The molecule has 216 valence electrons. The van der Waals surface area contributed by atoms with Crippen LogP contribution in [-0.4, -0.2) is 23.6 Å². The van der Waals surface area contributed by atoms with Crippen molar-refractivity contribution in [2.45, 2.75) is 99.5 Å². The average molecular weight is 545 g/mol. The van der Waals surface area contributed by atoms with E-state index in [2.05, 4.69) is 40.7 Å². The van der Waals surface area contributed by atoms with Crippen LogP contribution in [0.1, 0.15) is 104 Å². The van der Waals surface area contributed by atoms with Gasteiger partial charge in [-0.2, -0.15) is 0 Å². The van der Waals surface area contributed by atoms with Crippen LogP contribution in [0.5, 0.6) is 0 Å². The third-order valence-electron chi connectivity index (χ3n) is 11.7. The first-order valence-corrected chi connectivity index (χ1v) is 15.5. The summed E-state index contributed by atoms with van der Waals surface area (Å²) in [6.07, 6.45) is 10.2. The first-order chi connectivity index (χ1) is 18.8. The SMILES string of the molecule is CC(C)C(=O)C=C[C@@H](C)[C@H]1CC(=O)[C@@H]2C3=C(CC[C@@]21C)[C@@]1(C)CC[C@H](OC(=O)c2ccccc2)C(C)(C)[C@@H]1CC3. The Hall–Kier alpha value is -2.49. The minimum atomic E-state index is -0.229. The summed E-state index contributed by atoms with van der Waals surface area (Å²) in [5, 5.41) is 0. The van der Waals surface area contributed by atoms with Crippen LogP contribution in [0.2, 0.25) is 0 Å². The molecule has 0 amide bonds. The molecular formula is C36H48O4. The van der Waals surface area contributed by atoms with E-state index in [9.17, 15) is 14.4 Å². The Balaban J connectivity index is 1.39. The lowest BCUT2D eigenvalue weighted by molar-refractivity contribution is -0.122. The van der Waals surface area contributed by atoms with Gasteiger partial charge in [-0.1, -0.05) is 83.9 Å². The zero-order chi connectivity index (χ0) is 29.0.